The van der Waals surface area contributed by atoms with E-state index in [1.165, 1.54) is 0 Å². The number of nitrogens with zero attached hydrogens (tertiary/aromatic N) is 1. The Morgan fingerprint density at radius 1 is 1.19 bits per heavy atom. The zero-order valence-corrected chi connectivity index (χ0v) is 17.0. The number of benzene rings is 1. The number of piperidine rings is 1. The van der Waals surface area contributed by atoms with E-state index in [2.05, 4.69) is 22.5 Å². The molecule has 7 heteroatoms. The lowest BCUT2D eigenvalue weighted by Gasteiger charge is -2.27. The Bertz CT molecular complexity index is 677. The molecule has 1 aliphatic heterocycles. The molecule has 2 heterocycles. The number of amides is 1. The summed E-state index contributed by atoms with van der Waals surface area (Å²) in [6, 6.07) is 13.1. The molecule has 0 saturated carbocycles. The van der Waals surface area contributed by atoms with Gasteiger partial charge in [-0.05, 0) is 56.0 Å². The van der Waals surface area contributed by atoms with Crippen molar-refractivity contribution in [3.8, 4) is 11.6 Å². The van der Waals surface area contributed by atoms with Gasteiger partial charge in [0.2, 0.25) is 11.8 Å². The number of ether oxygens (including phenoxy) is 1. The molecular formula is C20H27Cl2N3O2. The van der Waals surface area contributed by atoms with Gasteiger partial charge in [-0.1, -0.05) is 25.1 Å². The second-order valence-corrected chi connectivity index (χ2v) is 6.62. The van der Waals surface area contributed by atoms with Crippen molar-refractivity contribution in [3.63, 3.8) is 0 Å². The van der Waals surface area contributed by atoms with E-state index in [1.54, 1.807) is 12.3 Å². The van der Waals surface area contributed by atoms with Crippen molar-refractivity contribution < 1.29 is 9.53 Å². The minimum Gasteiger partial charge on any atom is -0.439 e. The molecule has 0 bridgehead atoms. The largest absolute Gasteiger partial charge is 0.439 e. The van der Waals surface area contributed by atoms with Crippen molar-refractivity contribution in [1.29, 1.82) is 0 Å². The van der Waals surface area contributed by atoms with Crippen LogP contribution in [0.25, 0.3) is 0 Å². The first kappa shape index (κ1) is 23.2. The van der Waals surface area contributed by atoms with Crippen LogP contribution in [0, 0.1) is 11.8 Å². The van der Waals surface area contributed by atoms with Gasteiger partial charge in [0.1, 0.15) is 5.75 Å². The van der Waals surface area contributed by atoms with Crippen LogP contribution in [-0.4, -0.2) is 24.0 Å². The van der Waals surface area contributed by atoms with E-state index in [-0.39, 0.29) is 30.7 Å². The number of para-hydroxylation sites is 1. The topological polar surface area (TPSA) is 63.2 Å². The van der Waals surface area contributed by atoms with Gasteiger partial charge in [-0.25, -0.2) is 4.98 Å². The highest BCUT2D eigenvalue weighted by Gasteiger charge is 2.22. The highest BCUT2D eigenvalue weighted by molar-refractivity contribution is 5.90. The van der Waals surface area contributed by atoms with Gasteiger partial charge in [-0.2, -0.15) is 0 Å². The number of nitrogens with one attached hydrogen (secondary N) is 2. The third kappa shape index (κ3) is 7.37. The van der Waals surface area contributed by atoms with Crippen LogP contribution in [0.15, 0.2) is 48.7 Å². The fourth-order valence-electron chi connectivity index (χ4n) is 3.21. The summed E-state index contributed by atoms with van der Waals surface area (Å²) in [6.45, 7) is 4.29. The van der Waals surface area contributed by atoms with Crippen molar-refractivity contribution >= 4 is 36.4 Å². The zero-order valence-electron chi connectivity index (χ0n) is 15.4. The van der Waals surface area contributed by atoms with Gasteiger partial charge in [0.05, 0.1) is 11.9 Å². The van der Waals surface area contributed by atoms with Crippen molar-refractivity contribution in [2.24, 2.45) is 11.8 Å². The SMILES string of the molecule is CC(CC(=O)Nc1ccc(Oc2ccccc2)nc1)C1CCNCC1.Cl.Cl. The summed E-state index contributed by atoms with van der Waals surface area (Å²) in [6.07, 6.45) is 4.49. The first-order valence-corrected chi connectivity index (χ1v) is 8.90. The normalized spacial score (nSPS) is 15.0. The quantitative estimate of drug-likeness (QED) is 0.723. The summed E-state index contributed by atoms with van der Waals surface area (Å²) in [5, 5.41) is 6.30. The molecule has 1 fully saturated rings. The molecule has 148 valence electrons. The van der Waals surface area contributed by atoms with Gasteiger partial charge < -0.3 is 15.4 Å². The van der Waals surface area contributed by atoms with Gasteiger partial charge in [0, 0.05) is 12.5 Å². The van der Waals surface area contributed by atoms with Crippen LogP contribution in [0.4, 0.5) is 5.69 Å². The lowest BCUT2D eigenvalue weighted by Crippen LogP contribution is -2.32. The Morgan fingerprint density at radius 3 is 2.52 bits per heavy atom. The fraction of sp³-hybridized carbons (Fsp3) is 0.400. The van der Waals surface area contributed by atoms with E-state index in [4.69, 9.17) is 4.74 Å². The number of carbonyl (C=O) groups excluding carboxylic acids is 1. The summed E-state index contributed by atoms with van der Waals surface area (Å²) < 4.78 is 5.65. The van der Waals surface area contributed by atoms with Gasteiger partial charge in [-0.3, -0.25) is 4.79 Å². The van der Waals surface area contributed by atoms with E-state index >= 15 is 0 Å². The molecule has 2 aromatic rings. The molecule has 1 aliphatic rings. The van der Waals surface area contributed by atoms with Gasteiger partial charge in [0.25, 0.3) is 0 Å². The van der Waals surface area contributed by atoms with Crippen molar-refractivity contribution in [1.82, 2.24) is 10.3 Å². The molecule has 1 aromatic heterocycles. The first-order chi connectivity index (χ1) is 12.2. The van der Waals surface area contributed by atoms with Crippen LogP contribution in [-0.2, 0) is 4.79 Å². The maximum Gasteiger partial charge on any atom is 0.224 e. The maximum absolute atomic E-state index is 12.3. The van der Waals surface area contributed by atoms with Gasteiger partial charge in [-0.15, -0.1) is 24.8 Å². The monoisotopic (exact) mass is 411 g/mol. The number of carbonyl (C=O) groups is 1. The Kier molecular flexibility index (Phi) is 10.1. The average molecular weight is 412 g/mol. The molecule has 0 radical (unpaired) electrons. The molecule has 1 unspecified atom stereocenters. The second kappa shape index (κ2) is 11.8. The smallest absolute Gasteiger partial charge is 0.224 e. The summed E-state index contributed by atoms with van der Waals surface area (Å²) >= 11 is 0. The lowest BCUT2D eigenvalue weighted by molar-refractivity contribution is -0.117. The zero-order chi connectivity index (χ0) is 17.5. The van der Waals surface area contributed by atoms with Crippen LogP contribution in [0.5, 0.6) is 11.6 Å². The van der Waals surface area contributed by atoms with Crippen LogP contribution in [0.1, 0.15) is 26.2 Å². The number of hydrogen-bond acceptors (Lipinski definition) is 4. The van der Waals surface area contributed by atoms with E-state index in [0.29, 0.717) is 29.8 Å². The molecule has 1 aromatic carbocycles. The molecule has 5 nitrogen and oxygen atoms in total. The summed E-state index contributed by atoms with van der Waals surface area (Å²) in [5.74, 6) is 2.32. The minimum atomic E-state index is 0. The van der Waals surface area contributed by atoms with E-state index in [9.17, 15) is 4.79 Å². The average Bonchev–Trinajstić information content (AvgIpc) is 2.65. The third-order valence-electron chi connectivity index (χ3n) is 4.68. The number of rotatable bonds is 6. The lowest BCUT2D eigenvalue weighted by atomic mass is 9.84. The molecular weight excluding hydrogens is 385 g/mol. The van der Waals surface area contributed by atoms with Crippen LogP contribution < -0.4 is 15.4 Å². The molecule has 1 atom stereocenters. The minimum absolute atomic E-state index is 0. The van der Waals surface area contributed by atoms with E-state index in [0.717, 1.165) is 31.7 Å². The fourth-order valence-corrected chi connectivity index (χ4v) is 3.21. The summed E-state index contributed by atoms with van der Waals surface area (Å²) in [4.78, 5) is 16.5. The van der Waals surface area contributed by atoms with Crippen molar-refractivity contribution in [2.45, 2.75) is 26.2 Å². The Hall–Kier alpha value is -1.82. The van der Waals surface area contributed by atoms with Crippen LogP contribution >= 0.6 is 24.8 Å². The molecule has 1 saturated heterocycles. The molecule has 2 N–H and O–H groups in total. The standard InChI is InChI=1S/C20H25N3O2.2ClH/c1-15(16-9-11-21-12-10-16)13-19(24)23-17-7-8-20(22-14-17)25-18-5-3-2-4-6-18;;/h2-8,14-16,21H,9-13H2,1H3,(H,23,24);2*1H. The molecule has 0 aliphatic carbocycles. The molecule has 0 spiro atoms. The Morgan fingerprint density at radius 2 is 1.89 bits per heavy atom. The second-order valence-electron chi connectivity index (χ2n) is 6.62. The van der Waals surface area contributed by atoms with E-state index in [1.807, 2.05) is 36.4 Å². The Balaban J connectivity index is 0.00000182. The number of pyridine rings is 1. The third-order valence-corrected chi connectivity index (χ3v) is 4.68. The molecule has 3 rings (SSSR count). The number of hydrogen-bond donors (Lipinski definition) is 2. The van der Waals surface area contributed by atoms with Crippen molar-refractivity contribution in [3.05, 3.63) is 48.7 Å². The van der Waals surface area contributed by atoms with Gasteiger partial charge in [0.15, 0.2) is 0 Å². The number of halogens is 2. The van der Waals surface area contributed by atoms with E-state index < -0.39 is 0 Å². The van der Waals surface area contributed by atoms with Gasteiger partial charge >= 0.3 is 0 Å². The first-order valence-electron chi connectivity index (χ1n) is 8.90. The number of anilines is 1. The summed E-state index contributed by atoms with van der Waals surface area (Å²) in [7, 11) is 0. The number of aromatic nitrogens is 1. The molecule has 27 heavy (non-hydrogen) atoms. The Labute approximate surface area is 173 Å². The highest BCUT2D eigenvalue weighted by Crippen LogP contribution is 2.25. The predicted octanol–water partition coefficient (Wildman–Crippen LogP) is 4.68. The summed E-state index contributed by atoms with van der Waals surface area (Å²) in [5.41, 5.74) is 0.697. The van der Waals surface area contributed by atoms with Crippen LogP contribution in [0.3, 0.4) is 0 Å². The van der Waals surface area contributed by atoms with Crippen molar-refractivity contribution in [2.75, 3.05) is 18.4 Å². The molecule has 1 amide bonds. The maximum atomic E-state index is 12.3. The van der Waals surface area contributed by atoms with Crippen LogP contribution in [0.2, 0.25) is 0 Å². The highest BCUT2D eigenvalue weighted by atomic mass is 35.5. The predicted molar refractivity (Wildman–Crippen MR) is 113 cm³/mol.